The monoisotopic (exact) mass is 207 g/mol. The maximum Gasteiger partial charge on any atom is 0.241 e. The molecule has 0 aliphatic rings. The minimum absolute atomic E-state index is 0.415. The molecule has 0 aliphatic heterocycles. The first-order chi connectivity index (χ1) is 7.16. The van der Waals surface area contributed by atoms with Crippen LogP contribution < -0.4 is 16.8 Å². The maximum absolute atomic E-state index is 11.0. The highest BCUT2D eigenvalue weighted by Gasteiger charge is 2.23. The molecule has 1 aromatic rings. The lowest BCUT2D eigenvalue weighted by molar-refractivity contribution is -0.123. The molecule has 0 radical (unpaired) electrons. The van der Waals surface area contributed by atoms with Gasteiger partial charge in [0.2, 0.25) is 12.3 Å². The molecule has 0 heterocycles. The van der Waals surface area contributed by atoms with E-state index in [4.69, 9.17) is 11.5 Å². The number of benzene rings is 1. The van der Waals surface area contributed by atoms with Gasteiger partial charge in [-0.1, -0.05) is 30.3 Å². The number of carbonyl (C=O) groups is 2. The van der Waals surface area contributed by atoms with Crippen LogP contribution in [0.4, 0.5) is 0 Å². The Morgan fingerprint density at radius 3 is 2.40 bits per heavy atom. The standard InChI is InChI=1S/C10H13N3O2/c11-8(7-4-2-1-3-5-7)9(10(12)15)13-6-14/h1-6,8-9H,11H2,(H2,12,15)(H,13,14). The zero-order valence-electron chi connectivity index (χ0n) is 8.09. The van der Waals surface area contributed by atoms with Crippen molar-refractivity contribution >= 4 is 12.3 Å². The van der Waals surface area contributed by atoms with Crippen LogP contribution in [0.5, 0.6) is 0 Å². The van der Waals surface area contributed by atoms with Crippen LogP contribution in [0.3, 0.4) is 0 Å². The zero-order valence-corrected chi connectivity index (χ0v) is 8.09. The highest BCUT2D eigenvalue weighted by Crippen LogP contribution is 2.13. The van der Waals surface area contributed by atoms with E-state index in [1.54, 1.807) is 24.3 Å². The fourth-order valence-electron chi connectivity index (χ4n) is 1.30. The number of primary amides is 1. The SMILES string of the molecule is NC(=O)C(NC=O)C(N)c1ccccc1. The van der Waals surface area contributed by atoms with Gasteiger partial charge in [-0.25, -0.2) is 0 Å². The Labute approximate surface area is 87.4 Å². The molecule has 0 aromatic heterocycles. The van der Waals surface area contributed by atoms with Gasteiger partial charge in [0.05, 0.1) is 6.04 Å². The highest BCUT2D eigenvalue weighted by molar-refractivity contribution is 5.83. The second-order valence-electron chi connectivity index (χ2n) is 3.10. The van der Waals surface area contributed by atoms with Crippen LogP contribution in [-0.4, -0.2) is 18.4 Å². The number of amides is 2. The summed E-state index contributed by atoms with van der Waals surface area (Å²) in [6, 6.07) is 7.46. The van der Waals surface area contributed by atoms with Gasteiger partial charge < -0.3 is 16.8 Å². The van der Waals surface area contributed by atoms with Crippen LogP contribution in [0.25, 0.3) is 0 Å². The predicted molar refractivity (Wildman–Crippen MR) is 55.6 cm³/mol. The number of nitrogens with two attached hydrogens (primary N) is 2. The number of rotatable bonds is 5. The molecule has 5 nitrogen and oxygen atoms in total. The molecule has 0 saturated heterocycles. The Kier molecular flexibility index (Phi) is 3.82. The van der Waals surface area contributed by atoms with Crippen LogP contribution in [0.1, 0.15) is 11.6 Å². The lowest BCUT2D eigenvalue weighted by atomic mass is 10.00. The molecule has 2 amide bonds. The van der Waals surface area contributed by atoms with Crippen molar-refractivity contribution in [1.29, 1.82) is 0 Å². The summed E-state index contributed by atoms with van der Waals surface area (Å²) in [5.41, 5.74) is 11.7. The first-order valence-corrected chi connectivity index (χ1v) is 4.46. The fourth-order valence-corrected chi connectivity index (χ4v) is 1.30. The van der Waals surface area contributed by atoms with Crippen LogP contribution in [0.15, 0.2) is 30.3 Å². The van der Waals surface area contributed by atoms with Gasteiger partial charge in [0.1, 0.15) is 6.04 Å². The molecule has 2 unspecified atom stereocenters. The first kappa shape index (κ1) is 11.2. The summed E-state index contributed by atoms with van der Waals surface area (Å²) in [5.74, 6) is -0.654. The summed E-state index contributed by atoms with van der Waals surface area (Å²) in [5, 5.41) is 2.30. The second kappa shape index (κ2) is 5.11. The average molecular weight is 207 g/mol. The average Bonchev–Trinajstić information content (AvgIpc) is 2.26. The second-order valence-corrected chi connectivity index (χ2v) is 3.10. The molecule has 0 bridgehead atoms. The minimum atomic E-state index is -0.884. The van der Waals surface area contributed by atoms with Gasteiger partial charge >= 0.3 is 0 Å². The summed E-state index contributed by atoms with van der Waals surface area (Å²) in [4.78, 5) is 21.3. The third kappa shape index (κ3) is 2.78. The minimum Gasteiger partial charge on any atom is -0.368 e. The van der Waals surface area contributed by atoms with E-state index in [2.05, 4.69) is 5.32 Å². The van der Waals surface area contributed by atoms with Gasteiger partial charge in [-0.05, 0) is 5.56 Å². The molecule has 80 valence electrons. The van der Waals surface area contributed by atoms with Crippen LogP contribution in [-0.2, 0) is 9.59 Å². The van der Waals surface area contributed by atoms with Gasteiger partial charge in [0, 0.05) is 0 Å². The Balaban J connectivity index is 2.85. The van der Waals surface area contributed by atoms with Crippen molar-refractivity contribution in [2.75, 3.05) is 0 Å². The molecule has 5 N–H and O–H groups in total. The molecule has 2 atom stereocenters. The van der Waals surface area contributed by atoms with Crippen LogP contribution in [0, 0.1) is 0 Å². The normalized spacial score (nSPS) is 13.9. The summed E-state index contributed by atoms with van der Waals surface area (Å²) in [6.45, 7) is 0. The number of hydrogen-bond donors (Lipinski definition) is 3. The number of carbonyl (C=O) groups excluding carboxylic acids is 2. The van der Waals surface area contributed by atoms with Crippen molar-refractivity contribution in [3.8, 4) is 0 Å². The predicted octanol–water partition coefficient (Wildman–Crippen LogP) is -0.714. The van der Waals surface area contributed by atoms with Crippen molar-refractivity contribution < 1.29 is 9.59 Å². The van der Waals surface area contributed by atoms with Gasteiger partial charge in [0.25, 0.3) is 0 Å². The van der Waals surface area contributed by atoms with Crippen molar-refractivity contribution in [3.63, 3.8) is 0 Å². The van der Waals surface area contributed by atoms with Crippen molar-refractivity contribution in [2.45, 2.75) is 12.1 Å². The molecule has 0 spiro atoms. The lowest BCUT2D eigenvalue weighted by Crippen LogP contribution is -2.47. The van der Waals surface area contributed by atoms with Crippen molar-refractivity contribution in [1.82, 2.24) is 5.32 Å². The Morgan fingerprint density at radius 1 is 1.33 bits per heavy atom. The third-order valence-corrected chi connectivity index (χ3v) is 2.10. The first-order valence-electron chi connectivity index (χ1n) is 4.46. The van der Waals surface area contributed by atoms with Crippen LogP contribution in [0.2, 0.25) is 0 Å². The third-order valence-electron chi connectivity index (χ3n) is 2.10. The van der Waals surface area contributed by atoms with E-state index < -0.39 is 18.0 Å². The van der Waals surface area contributed by atoms with Gasteiger partial charge in [-0.15, -0.1) is 0 Å². The van der Waals surface area contributed by atoms with E-state index in [-0.39, 0.29) is 0 Å². The van der Waals surface area contributed by atoms with E-state index in [1.807, 2.05) is 6.07 Å². The molecule has 1 rings (SSSR count). The molecule has 5 heteroatoms. The largest absolute Gasteiger partial charge is 0.368 e. The van der Waals surface area contributed by atoms with E-state index >= 15 is 0 Å². The molecular weight excluding hydrogens is 194 g/mol. The molecular formula is C10H13N3O2. The van der Waals surface area contributed by atoms with E-state index in [9.17, 15) is 9.59 Å². The van der Waals surface area contributed by atoms with Crippen molar-refractivity contribution in [3.05, 3.63) is 35.9 Å². The number of nitrogens with one attached hydrogen (secondary N) is 1. The fraction of sp³-hybridized carbons (Fsp3) is 0.200. The smallest absolute Gasteiger partial charge is 0.241 e. The molecule has 15 heavy (non-hydrogen) atoms. The molecule has 0 saturated carbocycles. The van der Waals surface area contributed by atoms with E-state index in [0.29, 0.717) is 6.41 Å². The Morgan fingerprint density at radius 2 is 1.93 bits per heavy atom. The van der Waals surface area contributed by atoms with Gasteiger partial charge in [-0.2, -0.15) is 0 Å². The topological polar surface area (TPSA) is 98.2 Å². The molecule has 0 aliphatic carbocycles. The zero-order chi connectivity index (χ0) is 11.3. The maximum atomic E-state index is 11.0. The molecule has 1 aromatic carbocycles. The highest BCUT2D eigenvalue weighted by atomic mass is 16.2. The van der Waals surface area contributed by atoms with Crippen LogP contribution >= 0.6 is 0 Å². The quantitative estimate of drug-likeness (QED) is 0.556. The van der Waals surface area contributed by atoms with Gasteiger partial charge in [-0.3, -0.25) is 9.59 Å². The van der Waals surface area contributed by atoms with Crippen molar-refractivity contribution in [2.24, 2.45) is 11.5 Å². The summed E-state index contributed by atoms with van der Waals surface area (Å²) in [7, 11) is 0. The summed E-state index contributed by atoms with van der Waals surface area (Å²) >= 11 is 0. The summed E-state index contributed by atoms with van der Waals surface area (Å²) in [6.07, 6.45) is 0.415. The Bertz CT molecular complexity index is 340. The number of hydrogen-bond acceptors (Lipinski definition) is 3. The van der Waals surface area contributed by atoms with E-state index in [1.165, 1.54) is 0 Å². The summed E-state index contributed by atoms with van der Waals surface area (Å²) < 4.78 is 0. The molecule has 0 fully saturated rings. The Hall–Kier alpha value is -1.88. The lowest BCUT2D eigenvalue weighted by Gasteiger charge is -2.20. The van der Waals surface area contributed by atoms with Gasteiger partial charge in [0.15, 0.2) is 0 Å². The van der Waals surface area contributed by atoms with E-state index in [0.717, 1.165) is 5.56 Å².